The third-order valence-corrected chi connectivity index (χ3v) is 2.61. The molecule has 0 bridgehead atoms. The van der Waals surface area contributed by atoms with Crippen molar-refractivity contribution >= 4 is 0 Å². The first kappa shape index (κ1) is 23.8. The topological polar surface area (TPSA) is 20.2 Å². The lowest BCUT2D eigenvalue weighted by atomic mass is 9.94. The number of hydrogen-bond acceptors (Lipinski definition) is 1. The standard InChI is InChI=1S/C12H24O.2C3H8/c1-6-11(9(2)3)7-8-12(13)10(4)5;2*1-3-2/h6,9-10,12-13H,7-8H2,1-5H3;2*3H2,1-2H3/b11-6+;;. The van der Waals surface area contributed by atoms with Gasteiger partial charge in [0.2, 0.25) is 0 Å². The Bertz CT molecular complexity index is 178. The average molecular weight is 273 g/mol. The van der Waals surface area contributed by atoms with Crippen molar-refractivity contribution in [2.75, 3.05) is 0 Å². The number of aliphatic hydroxyl groups is 1. The average Bonchev–Trinajstić information content (AvgIpc) is 2.31. The molecule has 1 nitrogen and oxygen atoms in total. The van der Waals surface area contributed by atoms with Gasteiger partial charge < -0.3 is 5.11 Å². The number of aliphatic hydroxyl groups excluding tert-OH is 1. The quantitative estimate of drug-likeness (QED) is 0.589. The molecule has 0 aliphatic rings. The van der Waals surface area contributed by atoms with Crippen molar-refractivity contribution < 1.29 is 5.11 Å². The van der Waals surface area contributed by atoms with Crippen LogP contribution in [0.4, 0.5) is 0 Å². The zero-order valence-electron chi connectivity index (χ0n) is 15.1. The summed E-state index contributed by atoms with van der Waals surface area (Å²) in [6.45, 7) is 19.1. The summed E-state index contributed by atoms with van der Waals surface area (Å²) < 4.78 is 0. The van der Waals surface area contributed by atoms with Gasteiger partial charge in [0.05, 0.1) is 6.10 Å². The van der Waals surface area contributed by atoms with Crippen molar-refractivity contribution in [1.82, 2.24) is 0 Å². The van der Waals surface area contributed by atoms with E-state index in [4.69, 9.17) is 0 Å². The van der Waals surface area contributed by atoms with E-state index in [-0.39, 0.29) is 6.10 Å². The Morgan fingerprint density at radius 3 is 1.53 bits per heavy atom. The van der Waals surface area contributed by atoms with Gasteiger partial charge in [-0.3, -0.25) is 0 Å². The molecular formula is C18H40O. The van der Waals surface area contributed by atoms with E-state index in [1.54, 1.807) is 0 Å². The van der Waals surface area contributed by atoms with Crippen molar-refractivity contribution in [3.05, 3.63) is 11.6 Å². The van der Waals surface area contributed by atoms with Crippen LogP contribution in [0.25, 0.3) is 0 Å². The second kappa shape index (κ2) is 17.7. The summed E-state index contributed by atoms with van der Waals surface area (Å²) >= 11 is 0. The molecule has 1 N–H and O–H groups in total. The summed E-state index contributed by atoms with van der Waals surface area (Å²) in [5.41, 5.74) is 1.46. The van der Waals surface area contributed by atoms with Crippen LogP contribution in [0.3, 0.4) is 0 Å². The molecule has 0 aromatic rings. The second-order valence-electron chi connectivity index (χ2n) is 5.78. The third kappa shape index (κ3) is 20.2. The predicted octanol–water partition coefficient (Wildman–Crippen LogP) is 6.22. The van der Waals surface area contributed by atoms with E-state index in [1.807, 2.05) is 0 Å². The third-order valence-electron chi connectivity index (χ3n) is 2.61. The van der Waals surface area contributed by atoms with E-state index in [0.717, 1.165) is 12.8 Å². The zero-order chi connectivity index (χ0) is 15.8. The van der Waals surface area contributed by atoms with Gasteiger partial charge in [-0.25, -0.2) is 0 Å². The maximum absolute atomic E-state index is 9.63. The Labute approximate surface area is 123 Å². The van der Waals surface area contributed by atoms with Crippen LogP contribution in [0, 0.1) is 11.8 Å². The van der Waals surface area contributed by atoms with Crippen LogP contribution in [-0.2, 0) is 0 Å². The molecule has 0 amide bonds. The van der Waals surface area contributed by atoms with E-state index in [9.17, 15) is 5.11 Å². The monoisotopic (exact) mass is 272 g/mol. The molecule has 0 saturated carbocycles. The molecule has 1 unspecified atom stereocenters. The lowest BCUT2D eigenvalue weighted by molar-refractivity contribution is 0.116. The fourth-order valence-electron chi connectivity index (χ4n) is 1.41. The zero-order valence-corrected chi connectivity index (χ0v) is 15.1. The Morgan fingerprint density at radius 2 is 1.32 bits per heavy atom. The lowest BCUT2D eigenvalue weighted by Gasteiger charge is -2.17. The van der Waals surface area contributed by atoms with Gasteiger partial charge in [0, 0.05) is 0 Å². The SMILES string of the molecule is C/C=C(\CCC(O)C(C)C)C(C)C.CCC.CCC. The number of hydrogen-bond donors (Lipinski definition) is 1. The lowest BCUT2D eigenvalue weighted by Crippen LogP contribution is -2.15. The van der Waals surface area contributed by atoms with Crippen molar-refractivity contribution in [3.8, 4) is 0 Å². The second-order valence-corrected chi connectivity index (χ2v) is 5.78. The Hall–Kier alpha value is -0.300. The van der Waals surface area contributed by atoms with Crippen LogP contribution >= 0.6 is 0 Å². The van der Waals surface area contributed by atoms with Crippen LogP contribution in [0.1, 0.15) is 88.0 Å². The highest BCUT2D eigenvalue weighted by Crippen LogP contribution is 2.18. The maximum atomic E-state index is 9.63. The Morgan fingerprint density at radius 1 is 0.947 bits per heavy atom. The minimum absolute atomic E-state index is 0.145. The first-order valence-electron chi connectivity index (χ1n) is 8.15. The maximum Gasteiger partial charge on any atom is 0.0566 e. The summed E-state index contributed by atoms with van der Waals surface area (Å²) in [6.07, 6.45) is 6.47. The Kier molecular flexibility index (Phi) is 22.1. The van der Waals surface area contributed by atoms with E-state index >= 15 is 0 Å². The van der Waals surface area contributed by atoms with Gasteiger partial charge in [-0.2, -0.15) is 0 Å². The van der Waals surface area contributed by atoms with Gasteiger partial charge >= 0.3 is 0 Å². The molecule has 118 valence electrons. The first-order chi connectivity index (χ1) is 8.81. The highest BCUT2D eigenvalue weighted by atomic mass is 16.3. The summed E-state index contributed by atoms with van der Waals surface area (Å²) in [5.74, 6) is 0.995. The van der Waals surface area contributed by atoms with Crippen molar-refractivity contribution in [3.63, 3.8) is 0 Å². The minimum Gasteiger partial charge on any atom is -0.393 e. The molecule has 1 atom stereocenters. The normalized spacial score (nSPS) is 12.5. The summed E-state index contributed by atoms with van der Waals surface area (Å²) in [4.78, 5) is 0. The van der Waals surface area contributed by atoms with Gasteiger partial charge in [-0.15, -0.1) is 0 Å². The molecule has 0 spiro atoms. The summed E-state index contributed by atoms with van der Waals surface area (Å²) in [5, 5.41) is 9.63. The molecule has 0 saturated heterocycles. The highest BCUT2D eigenvalue weighted by molar-refractivity contribution is 5.03. The van der Waals surface area contributed by atoms with Gasteiger partial charge in [0.15, 0.2) is 0 Å². The van der Waals surface area contributed by atoms with Crippen LogP contribution in [0.2, 0.25) is 0 Å². The molecule has 0 heterocycles. The van der Waals surface area contributed by atoms with E-state index < -0.39 is 0 Å². The largest absolute Gasteiger partial charge is 0.393 e. The fourth-order valence-corrected chi connectivity index (χ4v) is 1.41. The molecule has 0 rings (SSSR count). The van der Waals surface area contributed by atoms with Crippen LogP contribution in [0.5, 0.6) is 0 Å². The molecule has 0 aliphatic carbocycles. The van der Waals surface area contributed by atoms with Gasteiger partial charge in [0.1, 0.15) is 0 Å². The molecular weight excluding hydrogens is 232 g/mol. The van der Waals surface area contributed by atoms with Crippen molar-refractivity contribution in [1.29, 1.82) is 0 Å². The molecule has 0 aromatic carbocycles. The predicted molar refractivity (Wildman–Crippen MR) is 90.6 cm³/mol. The van der Waals surface area contributed by atoms with E-state index in [1.165, 1.54) is 18.4 Å². The smallest absolute Gasteiger partial charge is 0.0566 e. The minimum atomic E-state index is -0.145. The highest BCUT2D eigenvalue weighted by Gasteiger charge is 2.10. The van der Waals surface area contributed by atoms with Gasteiger partial charge in [-0.05, 0) is 31.6 Å². The van der Waals surface area contributed by atoms with Crippen molar-refractivity contribution in [2.45, 2.75) is 94.1 Å². The molecule has 0 radical (unpaired) electrons. The number of rotatable bonds is 5. The van der Waals surface area contributed by atoms with Crippen LogP contribution in [0.15, 0.2) is 11.6 Å². The van der Waals surface area contributed by atoms with E-state index in [0.29, 0.717) is 11.8 Å². The van der Waals surface area contributed by atoms with E-state index in [2.05, 4.69) is 68.4 Å². The van der Waals surface area contributed by atoms with Gasteiger partial charge in [-0.1, -0.05) is 79.9 Å². The Balaban J connectivity index is -0.000000360. The van der Waals surface area contributed by atoms with Gasteiger partial charge in [0.25, 0.3) is 0 Å². The first-order valence-corrected chi connectivity index (χ1v) is 8.15. The summed E-state index contributed by atoms with van der Waals surface area (Å²) in [7, 11) is 0. The number of allylic oxidation sites excluding steroid dienone is 2. The van der Waals surface area contributed by atoms with Crippen LogP contribution in [-0.4, -0.2) is 11.2 Å². The van der Waals surface area contributed by atoms with Crippen molar-refractivity contribution in [2.24, 2.45) is 11.8 Å². The fraction of sp³-hybridized carbons (Fsp3) is 0.889. The summed E-state index contributed by atoms with van der Waals surface area (Å²) in [6, 6.07) is 0. The molecule has 0 aliphatic heterocycles. The molecule has 1 heteroatoms. The molecule has 0 fully saturated rings. The molecule has 0 aromatic heterocycles. The van der Waals surface area contributed by atoms with Crippen LogP contribution < -0.4 is 0 Å². The molecule has 19 heavy (non-hydrogen) atoms.